The molecule has 1 N–H and O–H groups in total. The van der Waals surface area contributed by atoms with Crippen LogP contribution in [0.4, 0.5) is 0 Å². The molecule has 1 saturated carbocycles. The smallest absolute Gasteiger partial charge is 0.305 e. The summed E-state index contributed by atoms with van der Waals surface area (Å²) in [5.41, 5.74) is 0. The molecule has 0 amide bonds. The van der Waals surface area contributed by atoms with Crippen molar-refractivity contribution in [3.05, 3.63) is 24.3 Å². The molecule has 7 heteroatoms. The Morgan fingerprint density at radius 3 is 2.46 bits per heavy atom. The van der Waals surface area contributed by atoms with Crippen LogP contribution in [0.2, 0.25) is 0 Å². The summed E-state index contributed by atoms with van der Waals surface area (Å²) in [6, 6.07) is 0. The summed E-state index contributed by atoms with van der Waals surface area (Å²) in [6.45, 7) is 6.01. The molecule has 3 unspecified atom stereocenters. The highest BCUT2D eigenvalue weighted by molar-refractivity contribution is 5.69. The monoisotopic (exact) mass is 550 g/mol. The van der Waals surface area contributed by atoms with Crippen molar-refractivity contribution in [2.24, 2.45) is 17.8 Å². The summed E-state index contributed by atoms with van der Waals surface area (Å²) in [7, 11) is 1.42. The molecule has 7 nitrogen and oxygen atoms in total. The molecule has 2 saturated heterocycles. The van der Waals surface area contributed by atoms with Crippen molar-refractivity contribution in [1.82, 2.24) is 0 Å². The van der Waals surface area contributed by atoms with Gasteiger partial charge in [-0.25, -0.2) is 0 Å². The largest absolute Gasteiger partial charge is 0.469 e. The molecule has 0 spiro atoms. The van der Waals surface area contributed by atoms with Gasteiger partial charge in [0.1, 0.15) is 0 Å². The van der Waals surface area contributed by atoms with E-state index in [9.17, 15) is 9.90 Å². The molecule has 0 aromatic rings. The lowest BCUT2D eigenvalue weighted by Crippen LogP contribution is -2.32. The number of hydrogen-bond acceptors (Lipinski definition) is 7. The highest BCUT2D eigenvalue weighted by Crippen LogP contribution is 2.40. The number of methoxy groups -OCH3 is 1. The first-order valence-corrected chi connectivity index (χ1v) is 15.6. The van der Waals surface area contributed by atoms with E-state index in [2.05, 4.69) is 38.2 Å². The third-order valence-electron chi connectivity index (χ3n) is 8.45. The van der Waals surface area contributed by atoms with Crippen LogP contribution in [0.15, 0.2) is 24.3 Å². The van der Waals surface area contributed by atoms with Gasteiger partial charge in [0.2, 0.25) is 0 Å². The van der Waals surface area contributed by atoms with Crippen molar-refractivity contribution in [3.8, 4) is 0 Å². The van der Waals surface area contributed by atoms with Gasteiger partial charge in [-0.3, -0.25) is 4.79 Å². The molecule has 2 aliphatic heterocycles. The van der Waals surface area contributed by atoms with Gasteiger partial charge in [-0.1, -0.05) is 51.0 Å². The third kappa shape index (κ3) is 11.3. The van der Waals surface area contributed by atoms with E-state index in [0.717, 1.165) is 77.4 Å². The number of carbonyl (C=O) groups excluding carboxylic acids is 1. The van der Waals surface area contributed by atoms with Crippen LogP contribution >= 0.6 is 0 Å². The lowest BCUT2D eigenvalue weighted by molar-refractivity contribution is -0.193. The fraction of sp³-hybridized carbons (Fsp3) is 0.844. The first-order chi connectivity index (χ1) is 19.0. The minimum Gasteiger partial charge on any atom is -0.469 e. The molecular weight excluding hydrogens is 496 g/mol. The zero-order valence-electron chi connectivity index (χ0n) is 24.6. The summed E-state index contributed by atoms with van der Waals surface area (Å²) in [5, 5.41) is 11.1. The van der Waals surface area contributed by atoms with Crippen LogP contribution in [-0.4, -0.2) is 62.3 Å². The van der Waals surface area contributed by atoms with Gasteiger partial charge in [0, 0.05) is 32.0 Å². The average Bonchev–Trinajstić information content (AvgIpc) is 3.25. The number of unbranched alkanes of at least 4 members (excludes halogenated alkanes) is 2. The maximum Gasteiger partial charge on any atom is 0.305 e. The Hall–Kier alpha value is -1.25. The van der Waals surface area contributed by atoms with E-state index in [-0.39, 0.29) is 42.6 Å². The van der Waals surface area contributed by atoms with E-state index in [4.69, 9.17) is 23.7 Å². The molecule has 39 heavy (non-hydrogen) atoms. The number of carbonyl (C=O) groups is 1. The van der Waals surface area contributed by atoms with Crippen molar-refractivity contribution >= 4 is 5.97 Å². The normalized spacial score (nSPS) is 31.6. The molecule has 3 rings (SSSR count). The first kappa shape index (κ1) is 32.3. The topological polar surface area (TPSA) is 83.5 Å². The molecule has 224 valence electrons. The third-order valence-corrected chi connectivity index (χ3v) is 8.45. The fourth-order valence-corrected chi connectivity index (χ4v) is 5.97. The van der Waals surface area contributed by atoms with Gasteiger partial charge in [-0.05, 0) is 76.0 Å². The zero-order valence-corrected chi connectivity index (χ0v) is 24.6. The van der Waals surface area contributed by atoms with Gasteiger partial charge in [-0.15, -0.1) is 0 Å². The van der Waals surface area contributed by atoms with E-state index >= 15 is 0 Å². The molecule has 2 heterocycles. The van der Waals surface area contributed by atoms with E-state index < -0.39 is 6.10 Å². The second kappa shape index (κ2) is 18.2. The number of hydrogen-bond donors (Lipinski definition) is 1. The molecule has 0 aromatic heterocycles. The number of rotatable bonds is 16. The predicted molar refractivity (Wildman–Crippen MR) is 152 cm³/mol. The maximum atomic E-state index is 11.4. The van der Waals surface area contributed by atoms with Gasteiger partial charge in [0.15, 0.2) is 12.6 Å². The van der Waals surface area contributed by atoms with E-state index in [1.54, 1.807) is 0 Å². The SMILES string of the molecule is CCCCC(C)[C@@H](C=C[C@@H]1[C@@H](CC=CCCCC(=O)OC)[C@H](O)C[C@H]1OC1CCCCO1)OC1CCCCO1. The van der Waals surface area contributed by atoms with E-state index in [1.165, 1.54) is 20.0 Å². The van der Waals surface area contributed by atoms with Crippen LogP contribution in [0.25, 0.3) is 0 Å². The van der Waals surface area contributed by atoms with Gasteiger partial charge >= 0.3 is 5.97 Å². The molecule has 0 radical (unpaired) electrons. The molecule has 3 aliphatic rings. The minimum atomic E-state index is -0.438. The number of aliphatic hydroxyl groups excluding tert-OH is 1. The average molecular weight is 551 g/mol. The molecule has 1 aliphatic carbocycles. The van der Waals surface area contributed by atoms with Crippen molar-refractivity contribution in [1.29, 1.82) is 0 Å². The fourth-order valence-electron chi connectivity index (χ4n) is 5.97. The number of esters is 1. The van der Waals surface area contributed by atoms with Crippen LogP contribution in [-0.2, 0) is 28.5 Å². The Morgan fingerprint density at radius 1 is 1.05 bits per heavy atom. The summed E-state index contributed by atoms with van der Waals surface area (Å²) in [5.74, 6) is 0.340. The van der Waals surface area contributed by atoms with Gasteiger partial charge in [0.25, 0.3) is 0 Å². The molecule has 0 bridgehead atoms. The molecule has 0 aromatic carbocycles. The van der Waals surface area contributed by atoms with Crippen molar-refractivity contribution in [2.75, 3.05) is 20.3 Å². The Morgan fingerprint density at radius 2 is 1.79 bits per heavy atom. The van der Waals surface area contributed by atoms with E-state index in [0.29, 0.717) is 18.8 Å². The Kier molecular flexibility index (Phi) is 15.1. The predicted octanol–water partition coefficient (Wildman–Crippen LogP) is 6.48. The van der Waals surface area contributed by atoms with Gasteiger partial charge < -0.3 is 28.8 Å². The summed E-state index contributed by atoms with van der Waals surface area (Å²) in [4.78, 5) is 11.4. The second-order valence-electron chi connectivity index (χ2n) is 11.6. The van der Waals surface area contributed by atoms with Crippen LogP contribution < -0.4 is 0 Å². The summed E-state index contributed by atoms with van der Waals surface area (Å²) >= 11 is 0. The first-order valence-electron chi connectivity index (χ1n) is 15.6. The minimum absolute atomic E-state index is 0.0292. The van der Waals surface area contributed by atoms with Gasteiger partial charge in [0.05, 0.1) is 25.4 Å². The van der Waals surface area contributed by atoms with Crippen LogP contribution in [0.3, 0.4) is 0 Å². The van der Waals surface area contributed by atoms with Crippen molar-refractivity contribution in [3.63, 3.8) is 0 Å². The highest BCUT2D eigenvalue weighted by atomic mass is 16.7. The summed E-state index contributed by atoms with van der Waals surface area (Å²) in [6.07, 6.45) is 21.0. The van der Waals surface area contributed by atoms with Crippen LogP contribution in [0.1, 0.15) is 104 Å². The zero-order chi connectivity index (χ0) is 27.9. The number of aliphatic hydroxyl groups is 1. The lowest BCUT2D eigenvalue weighted by atomic mass is 9.88. The summed E-state index contributed by atoms with van der Waals surface area (Å²) < 4.78 is 29.6. The standard InChI is InChI=1S/C32H54O7/c1-4-5-14-24(2)28(38-31-17-10-12-21-36-31)20-19-26-25(15-8-6-7-9-16-30(34)35-3)27(33)23-29(26)39-32-18-11-13-22-37-32/h6,8,19-20,24-29,31-33H,4-5,7,9-18,21-23H2,1-3H3/t24?,25-,26-,27-,28-,29-,31?,32?/m1/s1. The second-order valence-corrected chi connectivity index (χ2v) is 11.6. The molecule has 3 fully saturated rings. The number of ether oxygens (including phenoxy) is 5. The Bertz CT molecular complexity index is 726. The van der Waals surface area contributed by atoms with Gasteiger partial charge in [-0.2, -0.15) is 0 Å². The van der Waals surface area contributed by atoms with E-state index in [1.807, 2.05) is 0 Å². The van der Waals surface area contributed by atoms with Crippen molar-refractivity contribution < 1.29 is 33.6 Å². The molecular formula is C32H54O7. The lowest BCUT2D eigenvalue weighted by Gasteiger charge is -2.31. The number of allylic oxidation sites excluding steroid dienone is 2. The van der Waals surface area contributed by atoms with Crippen LogP contribution in [0.5, 0.6) is 0 Å². The Balaban J connectivity index is 1.69. The molecule has 8 atom stereocenters. The highest BCUT2D eigenvalue weighted by Gasteiger charge is 2.42. The van der Waals surface area contributed by atoms with Crippen LogP contribution in [0, 0.1) is 17.8 Å². The quantitative estimate of drug-likeness (QED) is 0.134. The maximum absolute atomic E-state index is 11.4. The van der Waals surface area contributed by atoms with Crippen molar-refractivity contribution in [2.45, 2.75) is 135 Å². The Labute approximate surface area is 236 Å².